The molecule has 0 bridgehead atoms. The van der Waals surface area contributed by atoms with Crippen LogP contribution in [0.3, 0.4) is 0 Å². The van der Waals surface area contributed by atoms with Crippen LogP contribution in [0.4, 0.5) is 0 Å². The van der Waals surface area contributed by atoms with Crippen molar-refractivity contribution in [3.63, 3.8) is 0 Å². The molecule has 96 valence electrons. The molecule has 2 nitrogen and oxygen atoms in total. The van der Waals surface area contributed by atoms with E-state index in [9.17, 15) is 0 Å². The molecule has 0 amide bonds. The van der Waals surface area contributed by atoms with Gasteiger partial charge in [0.25, 0.3) is 0 Å². The first-order chi connectivity index (χ1) is 8.27. The molecule has 0 aliphatic heterocycles. The van der Waals surface area contributed by atoms with Gasteiger partial charge < -0.3 is 10.1 Å². The molecule has 17 heavy (non-hydrogen) atoms. The van der Waals surface area contributed by atoms with Crippen LogP contribution in [0.15, 0.2) is 24.3 Å². The summed E-state index contributed by atoms with van der Waals surface area (Å²) in [5, 5.41) is 4.13. The van der Waals surface area contributed by atoms with Crippen molar-refractivity contribution in [2.45, 2.75) is 19.3 Å². The third-order valence-electron chi connectivity index (χ3n) is 2.92. The lowest BCUT2D eigenvalue weighted by atomic mass is 9.95. The predicted octanol–water partition coefficient (Wildman–Crippen LogP) is 3.14. The van der Waals surface area contributed by atoms with Gasteiger partial charge in [-0.15, -0.1) is 0 Å². The number of ether oxygens (including phenoxy) is 1. The smallest absolute Gasteiger partial charge is 0.0462 e. The molecule has 1 N–H and O–H groups in total. The summed E-state index contributed by atoms with van der Waals surface area (Å²) in [6.45, 7) is 1.86. The van der Waals surface area contributed by atoms with Crippen molar-refractivity contribution in [2.75, 3.05) is 27.3 Å². The molecule has 0 aliphatic carbocycles. The number of halogens is 1. The molecule has 1 unspecified atom stereocenters. The van der Waals surface area contributed by atoms with E-state index in [0.717, 1.165) is 31.0 Å². The maximum Gasteiger partial charge on any atom is 0.0462 e. The van der Waals surface area contributed by atoms with Crippen LogP contribution in [0.1, 0.15) is 18.4 Å². The molecule has 1 atom stereocenters. The van der Waals surface area contributed by atoms with Crippen molar-refractivity contribution in [2.24, 2.45) is 5.92 Å². The van der Waals surface area contributed by atoms with E-state index in [0.29, 0.717) is 5.92 Å². The fourth-order valence-corrected chi connectivity index (χ4v) is 2.27. The van der Waals surface area contributed by atoms with E-state index < -0.39 is 0 Å². The zero-order valence-corrected chi connectivity index (χ0v) is 11.5. The number of hydrogen-bond donors (Lipinski definition) is 1. The molecule has 0 saturated heterocycles. The van der Waals surface area contributed by atoms with Gasteiger partial charge in [-0.05, 0) is 50.4 Å². The lowest BCUT2D eigenvalue weighted by Crippen LogP contribution is -2.21. The van der Waals surface area contributed by atoms with E-state index in [1.807, 2.05) is 25.2 Å². The number of hydrogen-bond acceptors (Lipinski definition) is 2. The Morgan fingerprint density at radius 1 is 1.35 bits per heavy atom. The molecule has 1 aromatic rings. The van der Waals surface area contributed by atoms with Gasteiger partial charge in [0, 0.05) is 18.7 Å². The van der Waals surface area contributed by atoms with Crippen LogP contribution in [0.2, 0.25) is 5.02 Å². The Hall–Kier alpha value is -0.570. The summed E-state index contributed by atoms with van der Waals surface area (Å²) in [5.41, 5.74) is 1.24. The molecule has 1 aromatic carbocycles. The topological polar surface area (TPSA) is 21.3 Å². The zero-order valence-electron chi connectivity index (χ0n) is 10.7. The maximum atomic E-state index is 6.18. The van der Waals surface area contributed by atoms with Gasteiger partial charge in [-0.3, -0.25) is 0 Å². The maximum absolute atomic E-state index is 6.18. The van der Waals surface area contributed by atoms with Crippen molar-refractivity contribution in [3.8, 4) is 0 Å². The van der Waals surface area contributed by atoms with E-state index >= 15 is 0 Å². The molecular formula is C14H22ClNO. The second-order valence-corrected chi connectivity index (χ2v) is 4.76. The summed E-state index contributed by atoms with van der Waals surface area (Å²) >= 11 is 6.18. The van der Waals surface area contributed by atoms with Gasteiger partial charge in [0.05, 0.1) is 0 Å². The highest BCUT2D eigenvalue weighted by atomic mass is 35.5. The molecule has 0 saturated carbocycles. The van der Waals surface area contributed by atoms with Crippen LogP contribution < -0.4 is 5.32 Å². The van der Waals surface area contributed by atoms with Crippen molar-refractivity contribution >= 4 is 11.6 Å². The normalized spacial score (nSPS) is 12.6. The van der Waals surface area contributed by atoms with E-state index in [2.05, 4.69) is 11.4 Å². The third kappa shape index (κ3) is 5.53. The summed E-state index contributed by atoms with van der Waals surface area (Å²) in [6, 6.07) is 8.10. The molecule has 0 aromatic heterocycles. The van der Waals surface area contributed by atoms with Gasteiger partial charge in [0.15, 0.2) is 0 Å². The van der Waals surface area contributed by atoms with E-state index in [-0.39, 0.29) is 0 Å². The lowest BCUT2D eigenvalue weighted by molar-refractivity contribution is 0.186. The van der Waals surface area contributed by atoms with Crippen molar-refractivity contribution in [3.05, 3.63) is 34.9 Å². The quantitative estimate of drug-likeness (QED) is 0.721. The average molecular weight is 256 g/mol. The van der Waals surface area contributed by atoms with Gasteiger partial charge in [-0.2, -0.15) is 0 Å². The molecule has 0 fully saturated rings. The van der Waals surface area contributed by atoms with E-state index in [1.54, 1.807) is 7.11 Å². The minimum Gasteiger partial charge on any atom is -0.385 e. The summed E-state index contributed by atoms with van der Waals surface area (Å²) in [5.74, 6) is 0.620. The molecule has 3 heteroatoms. The molecule has 0 heterocycles. The molecule has 1 rings (SSSR count). The SMILES string of the molecule is CNCC(CCCOC)Cc1ccccc1Cl. The van der Waals surface area contributed by atoms with Crippen LogP contribution in [0.25, 0.3) is 0 Å². The van der Waals surface area contributed by atoms with Gasteiger partial charge in [0.1, 0.15) is 0 Å². The largest absolute Gasteiger partial charge is 0.385 e. The van der Waals surface area contributed by atoms with Crippen molar-refractivity contribution in [1.29, 1.82) is 0 Å². The molecule has 0 aliphatic rings. The Morgan fingerprint density at radius 2 is 2.12 bits per heavy atom. The highest BCUT2D eigenvalue weighted by Crippen LogP contribution is 2.20. The van der Waals surface area contributed by atoms with E-state index in [1.165, 1.54) is 12.0 Å². The fourth-order valence-electron chi connectivity index (χ4n) is 2.06. The number of rotatable bonds is 8. The van der Waals surface area contributed by atoms with Crippen LogP contribution in [0, 0.1) is 5.92 Å². The van der Waals surface area contributed by atoms with E-state index in [4.69, 9.17) is 16.3 Å². The third-order valence-corrected chi connectivity index (χ3v) is 3.29. The minimum atomic E-state index is 0.620. The Kier molecular flexibility index (Phi) is 7.25. The zero-order chi connectivity index (χ0) is 12.5. The Labute approximate surface area is 109 Å². The van der Waals surface area contributed by atoms with Crippen LogP contribution in [0.5, 0.6) is 0 Å². The van der Waals surface area contributed by atoms with Gasteiger partial charge >= 0.3 is 0 Å². The summed E-state index contributed by atoms with van der Waals surface area (Å²) in [6.07, 6.45) is 3.30. The minimum absolute atomic E-state index is 0.620. The second-order valence-electron chi connectivity index (χ2n) is 4.35. The molecular weight excluding hydrogens is 234 g/mol. The summed E-state index contributed by atoms with van der Waals surface area (Å²) < 4.78 is 5.10. The summed E-state index contributed by atoms with van der Waals surface area (Å²) in [7, 11) is 3.75. The van der Waals surface area contributed by atoms with Crippen molar-refractivity contribution < 1.29 is 4.74 Å². The monoisotopic (exact) mass is 255 g/mol. The summed E-state index contributed by atoms with van der Waals surface area (Å²) in [4.78, 5) is 0. The van der Waals surface area contributed by atoms with Gasteiger partial charge in [0.2, 0.25) is 0 Å². The lowest BCUT2D eigenvalue weighted by Gasteiger charge is -2.17. The van der Waals surface area contributed by atoms with Crippen LogP contribution in [-0.2, 0) is 11.2 Å². The second kappa shape index (κ2) is 8.51. The molecule has 0 spiro atoms. The average Bonchev–Trinajstić information content (AvgIpc) is 2.32. The standard InChI is InChI=1S/C14H22ClNO/c1-16-11-12(6-5-9-17-2)10-13-7-3-4-8-14(13)15/h3-4,7-8,12,16H,5-6,9-11H2,1-2H3. The first-order valence-corrected chi connectivity index (χ1v) is 6.52. The Balaban J connectivity index is 2.50. The van der Waals surface area contributed by atoms with Crippen LogP contribution in [-0.4, -0.2) is 27.3 Å². The van der Waals surface area contributed by atoms with Crippen molar-refractivity contribution in [1.82, 2.24) is 5.32 Å². The number of nitrogens with one attached hydrogen (secondary N) is 1. The van der Waals surface area contributed by atoms with Gasteiger partial charge in [-0.1, -0.05) is 29.8 Å². The highest BCUT2D eigenvalue weighted by Gasteiger charge is 2.10. The van der Waals surface area contributed by atoms with Crippen LogP contribution >= 0.6 is 11.6 Å². The predicted molar refractivity (Wildman–Crippen MR) is 73.7 cm³/mol. The number of methoxy groups -OCH3 is 1. The number of benzene rings is 1. The molecule has 0 radical (unpaired) electrons. The Bertz CT molecular complexity index is 317. The fraction of sp³-hybridized carbons (Fsp3) is 0.571. The first-order valence-electron chi connectivity index (χ1n) is 6.15. The van der Waals surface area contributed by atoms with Gasteiger partial charge in [-0.25, -0.2) is 0 Å². The first kappa shape index (κ1) is 14.5. The Morgan fingerprint density at radius 3 is 2.76 bits per heavy atom. The highest BCUT2D eigenvalue weighted by molar-refractivity contribution is 6.31.